The van der Waals surface area contributed by atoms with Gasteiger partial charge in [-0.2, -0.15) is 0 Å². The monoisotopic (exact) mass is 553 g/mol. The van der Waals surface area contributed by atoms with Crippen LogP contribution in [0.25, 0.3) is 10.9 Å². The molecule has 0 aliphatic rings. The SMILES string of the molecule is O=C(CCCc1c[nH]c2ccccc12)[O][Sn]([c]1ccccc1)([c]1ccccc1)[c]1ccccc1. The summed E-state index contributed by atoms with van der Waals surface area (Å²) in [7, 11) is 0. The van der Waals surface area contributed by atoms with E-state index in [0.717, 1.165) is 29.1 Å². The van der Waals surface area contributed by atoms with Gasteiger partial charge in [0.2, 0.25) is 0 Å². The van der Waals surface area contributed by atoms with Crippen molar-refractivity contribution in [2.45, 2.75) is 19.3 Å². The van der Waals surface area contributed by atoms with Crippen LogP contribution in [0.1, 0.15) is 18.4 Å². The Morgan fingerprint density at radius 3 is 1.74 bits per heavy atom. The van der Waals surface area contributed by atoms with Crippen LogP contribution >= 0.6 is 0 Å². The van der Waals surface area contributed by atoms with E-state index in [9.17, 15) is 4.79 Å². The molecule has 0 unspecified atom stereocenters. The molecule has 168 valence electrons. The maximum absolute atomic E-state index is 13.4. The molecule has 1 heterocycles. The number of fused-ring (bicyclic) bond motifs is 1. The van der Waals surface area contributed by atoms with E-state index in [4.69, 9.17) is 3.07 Å². The molecule has 3 nitrogen and oxygen atoms in total. The topological polar surface area (TPSA) is 42.1 Å². The first kappa shape index (κ1) is 22.5. The minimum atomic E-state index is -4.02. The molecule has 0 aliphatic carbocycles. The molecule has 4 aromatic carbocycles. The van der Waals surface area contributed by atoms with Crippen molar-refractivity contribution in [3.8, 4) is 0 Å². The molecule has 5 rings (SSSR count). The average Bonchev–Trinajstić information content (AvgIpc) is 3.32. The number of carbonyl (C=O) groups is 1. The minimum absolute atomic E-state index is 0.118. The molecule has 0 bridgehead atoms. The van der Waals surface area contributed by atoms with E-state index in [2.05, 4.69) is 65.8 Å². The van der Waals surface area contributed by atoms with E-state index in [-0.39, 0.29) is 5.97 Å². The van der Waals surface area contributed by atoms with Gasteiger partial charge < -0.3 is 0 Å². The van der Waals surface area contributed by atoms with Gasteiger partial charge in [-0.1, -0.05) is 0 Å². The van der Waals surface area contributed by atoms with E-state index < -0.39 is 18.8 Å². The molecule has 0 atom stereocenters. The van der Waals surface area contributed by atoms with Gasteiger partial charge in [0.25, 0.3) is 0 Å². The maximum atomic E-state index is 13.4. The van der Waals surface area contributed by atoms with Crippen molar-refractivity contribution in [3.63, 3.8) is 0 Å². The van der Waals surface area contributed by atoms with Gasteiger partial charge in [-0.25, -0.2) is 0 Å². The fourth-order valence-corrected chi connectivity index (χ4v) is 15.5. The van der Waals surface area contributed by atoms with Gasteiger partial charge in [0.15, 0.2) is 0 Å². The first-order valence-corrected chi connectivity index (χ1v) is 17.2. The first-order chi connectivity index (χ1) is 16.8. The summed E-state index contributed by atoms with van der Waals surface area (Å²) in [5.74, 6) is -0.118. The van der Waals surface area contributed by atoms with Crippen LogP contribution in [0, 0.1) is 0 Å². The van der Waals surface area contributed by atoms with Crippen LogP contribution in [0.5, 0.6) is 0 Å². The quantitative estimate of drug-likeness (QED) is 0.284. The van der Waals surface area contributed by atoms with Gasteiger partial charge in [-0.15, -0.1) is 0 Å². The first-order valence-electron chi connectivity index (χ1n) is 11.7. The van der Waals surface area contributed by atoms with E-state index in [1.807, 2.05) is 60.7 Å². The number of aryl methyl sites for hydroxylation is 1. The Balaban J connectivity index is 1.44. The molecule has 0 amide bonds. The number of para-hydroxylation sites is 1. The van der Waals surface area contributed by atoms with Crippen molar-refractivity contribution in [1.82, 2.24) is 4.98 Å². The Kier molecular flexibility index (Phi) is 6.81. The van der Waals surface area contributed by atoms with Crippen LogP contribution in [-0.4, -0.2) is 29.7 Å². The second-order valence-corrected chi connectivity index (χ2v) is 17.9. The second-order valence-electron chi connectivity index (χ2n) is 8.47. The van der Waals surface area contributed by atoms with Gasteiger partial charge in [0, 0.05) is 0 Å². The predicted octanol–water partition coefficient (Wildman–Crippen LogP) is 4.70. The molecule has 4 heteroatoms. The Bertz CT molecular complexity index is 1270. The Hall–Kier alpha value is -3.31. The number of carbonyl (C=O) groups excluding carboxylic acids is 1. The normalized spacial score (nSPS) is 11.4. The number of hydrogen-bond donors (Lipinski definition) is 1. The average molecular weight is 552 g/mol. The molecule has 0 saturated heterocycles. The van der Waals surface area contributed by atoms with E-state index in [0.29, 0.717) is 6.42 Å². The molecule has 34 heavy (non-hydrogen) atoms. The molecule has 5 aromatic rings. The fraction of sp³-hybridized carbons (Fsp3) is 0.100. The number of H-pyrrole nitrogens is 1. The summed E-state index contributed by atoms with van der Waals surface area (Å²) in [5.41, 5.74) is 2.37. The van der Waals surface area contributed by atoms with Crippen molar-refractivity contribution in [2.75, 3.05) is 0 Å². The van der Waals surface area contributed by atoms with Crippen molar-refractivity contribution >= 4 is 46.4 Å². The molecular weight excluding hydrogens is 525 g/mol. The van der Waals surface area contributed by atoms with E-state index in [1.165, 1.54) is 10.9 Å². The third-order valence-corrected chi connectivity index (χ3v) is 17.6. The Morgan fingerprint density at radius 1 is 0.676 bits per heavy atom. The summed E-state index contributed by atoms with van der Waals surface area (Å²) in [4.78, 5) is 16.7. The van der Waals surface area contributed by atoms with Gasteiger partial charge in [-0.3, -0.25) is 0 Å². The van der Waals surface area contributed by atoms with Gasteiger partial charge in [-0.05, 0) is 0 Å². The zero-order valence-electron chi connectivity index (χ0n) is 19.0. The number of nitrogens with one attached hydrogen (secondary N) is 1. The van der Waals surface area contributed by atoms with Crippen molar-refractivity contribution in [3.05, 3.63) is 127 Å². The summed E-state index contributed by atoms with van der Waals surface area (Å²) in [6, 6.07) is 39.3. The zero-order chi connectivity index (χ0) is 23.2. The number of aromatic nitrogens is 1. The number of benzene rings is 4. The van der Waals surface area contributed by atoms with Crippen LogP contribution < -0.4 is 10.7 Å². The third kappa shape index (κ3) is 4.53. The predicted molar refractivity (Wildman–Crippen MR) is 141 cm³/mol. The molecule has 0 radical (unpaired) electrons. The number of hydrogen-bond acceptors (Lipinski definition) is 2. The van der Waals surface area contributed by atoms with Crippen LogP contribution in [0.2, 0.25) is 0 Å². The standard InChI is InChI=1S/C12H13NO2.3C6H5.Sn/c14-12(15)7-3-4-9-8-13-11-6-2-1-5-10(9)11;3*1-2-4-6-5-3-1;/h1-2,5-6,8,13H,3-4,7H2,(H,14,15);3*1-5H;/q;;;;+1/p-1. The van der Waals surface area contributed by atoms with Gasteiger partial charge in [0.1, 0.15) is 0 Å². The summed E-state index contributed by atoms with van der Waals surface area (Å²) in [6.45, 7) is 0. The van der Waals surface area contributed by atoms with Gasteiger partial charge >= 0.3 is 206 Å². The Morgan fingerprint density at radius 2 is 1.18 bits per heavy atom. The van der Waals surface area contributed by atoms with Gasteiger partial charge in [0.05, 0.1) is 0 Å². The number of aromatic amines is 1. The van der Waals surface area contributed by atoms with Crippen LogP contribution in [-0.2, 0) is 14.3 Å². The summed E-state index contributed by atoms with van der Waals surface area (Å²) >= 11 is -4.02. The number of rotatable bonds is 8. The Labute approximate surface area is 204 Å². The van der Waals surface area contributed by atoms with Crippen LogP contribution in [0.3, 0.4) is 0 Å². The van der Waals surface area contributed by atoms with E-state index >= 15 is 0 Å². The molecule has 0 aliphatic heterocycles. The van der Waals surface area contributed by atoms with E-state index in [1.54, 1.807) is 0 Å². The summed E-state index contributed by atoms with van der Waals surface area (Å²) < 4.78 is 10.1. The molecule has 1 aromatic heterocycles. The molecule has 0 spiro atoms. The third-order valence-electron chi connectivity index (χ3n) is 6.31. The van der Waals surface area contributed by atoms with Crippen molar-refractivity contribution in [2.24, 2.45) is 0 Å². The van der Waals surface area contributed by atoms with Crippen molar-refractivity contribution < 1.29 is 7.87 Å². The second kappa shape index (κ2) is 10.3. The van der Waals surface area contributed by atoms with Crippen LogP contribution in [0.15, 0.2) is 121 Å². The van der Waals surface area contributed by atoms with Crippen molar-refractivity contribution in [1.29, 1.82) is 0 Å². The molecule has 1 N–H and O–H groups in total. The fourth-order valence-electron chi connectivity index (χ4n) is 4.68. The zero-order valence-corrected chi connectivity index (χ0v) is 21.8. The molecule has 0 fully saturated rings. The molecular formula is C30H27NO2Sn. The van der Waals surface area contributed by atoms with Crippen LogP contribution in [0.4, 0.5) is 0 Å². The summed E-state index contributed by atoms with van der Waals surface area (Å²) in [5, 5.41) is 1.22. The molecule has 0 saturated carbocycles. The summed E-state index contributed by atoms with van der Waals surface area (Å²) in [6.07, 6.45) is 4.03.